The molecule has 2 rings (SSSR count). The molecule has 1 N–H and O–H groups in total. The van der Waals surface area contributed by atoms with Gasteiger partial charge in [-0.3, -0.25) is 0 Å². The van der Waals surface area contributed by atoms with E-state index in [4.69, 9.17) is 0 Å². The van der Waals surface area contributed by atoms with Gasteiger partial charge in [0.2, 0.25) is 10.0 Å². The lowest BCUT2D eigenvalue weighted by Gasteiger charge is -2.25. The predicted molar refractivity (Wildman–Crippen MR) is 87.1 cm³/mol. The minimum atomic E-state index is -3.52. The van der Waals surface area contributed by atoms with Gasteiger partial charge in [-0.25, -0.2) is 17.5 Å². The number of benzene rings is 1. The summed E-state index contributed by atoms with van der Waals surface area (Å²) in [6.45, 7) is 2.09. The largest absolute Gasteiger partial charge is 0.301 e. The molecule has 4 nitrogen and oxygen atoms in total. The Balaban J connectivity index is 2.14. The molecule has 1 atom stereocenters. The van der Waals surface area contributed by atoms with Gasteiger partial charge in [-0.05, 0) is 50.8 Å². The number of aryl methyl sites for hydroxylation is 1. The van der Waals surface area contributed by atoms with Crippen LogP contribution in [0, 0.1) is 12.7 Å². The first-order chi connectivity index (χ1) is 10.3. The van der Waals surface area contributed by atoms with Crippen LogP contribution < -0.4 is 4.72 Å². The van der Waals surface area contributed by atoms with Gasteiger partial charge in [0.1, 0.15) is 10.0 Å². The second-order valence-corrected chi connectivity index (χ2v) is 8.53. The first kappa shape index (κ1) is 17.1. The lowest BCUT2D eigenvalue weighted by Crippen LogP contribution is -2.34. The van der Waals surface area contributed by atoms with E-state index in [-0.39, 0.29) is 18.4 Å². The van der Waals surface area contributed by atoms with Crippen LogP contribution in [0.25, 0.3) is 0 Å². The van der Waals surface area contributed by atoms with Crippen molar-refractivity contribution in [1.29, 1.82) is 0 Å². The Labute approximate surface area is 134 Å². The molecule has 0 amide bonds. The van der Waals surface area contributed by atoms with E-state index in [0.717, 1.165) is 10.4 Å². The van der Waals surface area contributed by atoms with Gasteiger partial charge < -0.3 is 4.90 Å². The third-order valence-electron chi connectivity index (χ3n) is 3.33. The van der Waals surface area contributed by atoms with Crippen LogP contribution in [0.1, 0.15) is 16.5 Å². The van der Waals surface area contributed by atoms with Crippen LogP contribution >= 0.6 is 11.3 Å². The molecule has 2 aromatic rings. The summed E-state index contributed by atoms with van der Waals surface area (Å²) in [6.07, 6.45) is 0. The standard InChI is InChI=1S/C15H19FN2O2S2/c1-11-4-9-15(21-11)22(19,20)17-10-14(18(2)3)12-5-7-13(16)8-6-12/h4-9,14,17H,10H2,1-3H3. The molecular weight excluding hydrogens is 323 g/mol. The zero-order valence-corrected chi connectivity index (χ0v) is 14.3. The van der Waals surface area contributed by atoms with Crippen molar-refractivity contribution >= 4 is 21.4 Å². The number of thiophene rings is 1. The number of rotatable bonds is 6. The maximum Gasteiger partial charge on any atom is 0.250 e. The highest BCUT2D eigenvalue weighted by molar-refractivity contribution is 7.91. The molecule has 1 unspecified atom stereocenters. The van der Waals surface area contributed by atoms with E-state index in [1.54, 1.807) is 24.3 Å². The Kier molecular flexibility index (Phi) is 5.33. The summed E-state index contributed by atoms with van der Waals surface area (Å²) >= 11 is 1.24. The lowest BCUT2D eigenvalue weighted by molar-refractivity contribution is 0.299. The van der Waals surface area contributed by atoms with Gasteiger partial charge in [-0.2, -0.15) is 0 Å². The monoisotopic (exact) mass is 342 g/mol. The SMILES string of the molecule is Cc1ccc(S(=O)(=O)NCC(c2ccc(F)cc2)N(C)C)s1. The molecule has 0 radical (unpaired) electrons. The predicted octanol–water partition coefficient (Wildman–Crippen LogP) is 2.78. The molecule has 7 heteroatoms. The Bertz CT molecular complexity index is 724. The molecule has 1 aromatic heterocycles. The van der Waals surface area contributed by atoms with Crippen LogP contribution in [-0.2, 0) is 10.0 Å². The van der Waals surface area contributed by atoms with Gasteiger partial charge in [-0.15, -0.1) is 11.3 Å². The molecule has 0 bridgehead atoms. The van der Waals surface area contributed by atoms with E-state index in [1.165, 1.54) is 23.5 Å². The topological polar surface area (TPSA) is 49.4 Å². The molecular formula is C15H19FN2O2S2. The summed E-state index contributed by atoms with van der Waals surface area (Å²) < 4.78 is 40.5. The number of nitrogens with one attached hydrogen (secondary N) is 1. The van der Waals surface area contributed by atoms with Gasteiger partial charge >= 0.3 is 0 Å². The number of halogens is 1. The number of nitrogens with zero attached hydrogens (tertiary/aromatic N) is 1. The Morgan fingerprint density at radius 2 is 1.82 bits per heavy atom. The number of likely N-dealkylation sites (N-methyl/N-ethyl adjacent to an activating group) is 1. The van der Waals surface area contributed by atoms with Gasteiger partial charge in [0, 0.05) is 17.5 Å². The van der Waals surface area contributed by atoms with Gasteiger partial charge in [0.25, 0.3) is 0 Å². The Hall–Kier alpha value is -1.28. The fraction of sp³-hybridized carbons (Fsp3) is 0.333. The van der Waals surface area contributed by atoms with Crippen molar-refractivity contribution in [3.05, 3.63) is 52.7 Å². The normalized spacial score (nSPS) is 13.5. The van der Waals surface area contributed by atoms with Crippen molar-refractivity contribution in [2.75, 3.05) is 20.6 Å². The second-order valence-electron chi connectivity index (χ2n) is 5.25. The molecule has 120 valence electrons. The summed E-state index contributed by atoms with van der Waals surface area (Å²) in [7, 11) is 0.201. The van der Waals surface area contributed by atoms with E-state index in [2.05, 4.69) is 4.72 Å². The summed E-state index contributed by atoms with van der Waals surface area (Å²) in [5.74, 6) is -0.309. The zero-order chi connectivity index (χ0) is 16.3. The van der Waals surface area contributed by atoms with Crippen LogP contribution in [0.2, 0.25) is 0 Å². The number of hydrogen-bond donors (Lipinski definition) is 1. The number of hydrogen-bond acceptors (Lipinski definition) is 4. The van der Waals surface area contributed by atoms with Crippen LogP contribution in [0.3, 0.4) is 0 Å². The first-order valence-corrected chi connectivity index (χ1v) is 9.07. The van der Waals surface area contributed by atoms with Gasteiger partial charge in [-0.1, -0.05) is 12.1 Å². The maximum absolute atomic E-state index is 13.0. The van der Waals surface area contributed by atoms with Crippen LogP contribution in [0.4, 0.5) is 4.39 Å². The van der Waals surface area contributed by atoms with Gasteiger partial charge in [0.15, 0.2) is 0 Å². The molecule has 0 aliphatic heterocycles. The highest BCUT2D eigenvalue weighted by atomic mass is 32.2. The molecule has 0 aliphatic rings. The summed E-state index contributed by atoms with van der Waals surface area (Å²) in [6, 6.07) is 9.31. The molecule has 1 heterocycles. The summed E-state index contributed by atoms with van der Waals surface area (Å²) in [5.41, 5.74) is 0.858. The summed E-state index contributed by atoms with van der Waals surface area (Å²) in [4.78, 5) is 2.85. The lowest BCUT2D eigenvalue weighted by atomic mass is 10.1. The first-order valence-electron chi connectivity index (χ1n) is 6.77. The average Bonchev–Trinajstić information content (AvgIpc) is 2.88. The molecule has 0 saturated heterocycles. The fourth-order valence-electron chi connectivity index (χ4n) is 2.10. The smallest absolute Gasteiger partial charge is 0.250 e. The molecule has 22 heavy (non-hydrogen) atoms. The highest BCUT2D eigenvalue weighted by Crippen LogP contribution is 2.22. The van der Waals surface area contributed by atoms with Gasteiger partial charge in [0.05, 0.1) is 0 Å². The Morgan fingerprint density at radius 3 is 2.32 bits per heavy atom. The van der Waals surface area contributed by atoms with E-state index >= 15 is 0 Å². The molecule has 1 aromatic carbocycles. The van der Waals surface area contributed by atoms with E-state index in [9.17, 15) is 12.8 Å². The van der Waals surface area contributed by atoms with Crippen molar-refractivity contribution in [3.8, 4) is 0 Å². The summed E-state index contributed by atoms with van der Waals surface area (Å²) in [5, 5.41) is 0. The Morgan fingerprint density at radius 1 is 1.18 bits per heavy atom. The van der Waals surface area contributed by atoms with Crippen molar-refractivity contribution in [2.45, 2.75) is 17.2 Å². The van der Waals surface area contributed by atoms with Crippen molar-refractivity contribution in [1.82, 2.24) is 9.62 Å². The molecule has 0 fully saturated rings. The maximum atomic E-state index is 13.0. The highest BCUT2D eigenvalue weighted by Gasteiger charge is 2.20. The fourth-order valence-corrected chi connectivity index (χ4v) is 4.47. The molecule has 0 saturated carbocycles. The molecule has 0 spiro atoms. The van der Waals surface area contributed by atoms with Crippen molar-refractivity contribution in [2.24, 2.45) is 0 Å². The quantitative estimate of drug-likeness (QED) is 0.878. The van der Waals surface area contributed by atoms with Crippen LogP contribution in [0.15, 0.2) is 40.6 Å². The van der Waals surface area contributed by atoms with Crippen molar-refractivity contribution in [3.63, 3.8) is 0 Å². The van der Waals surface area contributed by atoms with E-state index < -0.39 is 10.0 Å². The second kappa shape index (κ2) is 6.87. The zero-order valence-electron chi connectivity index (χ0n) is 12.7. The van der Waals surface area contributed by atoms with E-state index in [0.29, 0.717) is 4.21 Å². The van der Waals surface area contributed by atoms with Crippen LogP contribution in [0.5, 0.6) is 0 Å². The minimum absolute atomic E-state index is 0.170. The van der Waals surface area contributed by atoms with Crippen LogP contribution in [-0.4, -0.2) is 34.0 Å². The van der Waals surface area contributed by atoms with Crippen molar-refractivity contribution < 1.29 is 12.8 Å². The molecule has 0 aliphatic carbocycles. The van der Waals surface area contributed by atoms with E-state index in [1.807, 2.05) is 25.9 Å². The minimum Gasteiger partial charge on any atom is -0.301 e. The third kappa shape index (κ3) is 4.13. The average molecular weight is 342 g/mol. The number of sulfonamides is 1. The third-order valence-corrected chi connectivity index (χ3v) is 6.24.